The van der Waals surface area contributed by atoms with Crippen LogP contribution in [0, 0.1) is 0 Å². The molecule has 2 aliphatic heterocycles. The van der Waals surface area contributed by atoms with Crippen LogP contribution in [0.2, 0.25) is 0 Å². The summed E-state index contributed by atoms with van der Waals surface area (Å²) in [7, 11) is 3.78. The zero-order chi connectivity index (χ0) is 10.5. The molecule has 2 fully saturated rings. The lowest BCUT2D eigenvalue weighted by molar-refractivity contribution is -0.101. The van der Waals surface area contributed by atoms with E-state index in [9.17, 15) is 0 Å². The van der Waals surface area contributed by atoms with Crippen molar-refractivity contribution in [3.63, 3.8) is 0 Å². The highest BCUT2D eigenvalue weighted by Crippen LogP contribution is 2.45. The summed E-state index contributed by atoms with van der Waals surface area (Å²) in [6.07, 6.45) is 0.957. The molecule has 0 amide bonds. The SMILES string of the molecule is [3H][C@@H]1O[C@@]2(CC)[C@H](C)N(C)[C@@H]1[C@@H]2OC. The molecule has 2 bridgehead atoms. The normalized spacial score (nSPS) is 57.1. The van der Waals surface area contributed by atoms with Gasteiger partial charge >= 0.3 is 0 Å². The van der Waals surface area contributed by atoms with Crippen LogP contribution < -0.4 is 0 Å². The number of morpholine rings is 1. The van der Waals surface area contributed by atoms with Crippen molar-refractivity contribution in [2.75, 3.05) is 20.7 Å². The van der Waals surface area contributed by atoms with Gasteiger partial charge in [0.1, 0.15) is 11.7 Å². The Hall–Kier alpha value is -0.120. The number of ether oxygens (including phenoxy) is 2. The van der Waals surface area contributed by atoms with Gasteiger partial charge in [-0.1, -0.05) is 6.92 Å². The number of hydrogen-bond donors (Lipinski definition) is 0. The molecule has 2 saturated heterocycles. The van der Waals surface area contributed by atoms with Crippen molar-refractivity contribution in [2.24, 2.45) is 0 Å². The number of nitrogens with zero attached hydrogens (tertiary/aromatic N) is 1. The van der Waals surface area contributed by atoms with Crippen molar-refractivity contribution in [2.45, 2.75) is 44.1 Å². The highest BCUT2D eigenvalue weighted by molar-refractivity contribution is 5.14. The second-order valence-corrected chi connectivity index (χ2v) is 4.05. The van der Waals surface area contributed by atoms with E-state index in [1.165, 1.54) is 0 Å². The number of rotatable bonds is 2. The molecule has 13 heavy (non-hydrogen) atoms. The van der Waals surface area contributed by atoms with Crippen molar-refractivity contribution in [1.82, 2.24) is 4.90 Å². The average molecular weight is 187 g/mol. The molecule has 76 valence electrons. The molecule has 0 aromatic heterocycles. The van der Waals surface area contributed by atoms with E-state index in [-0.39, 0.29) is 17.7 Å². The standard InChI is InChI=1S/C10H19NO2/c1-5-10-7(2)11(3)8(6-13-10)9(10)12-4/h7-9H,5-6H2,1-4H3/t7-,8-,9-,10-/m0/s1/i6T/t6-,7-,8-,9-,10-. The van der Waals surface area contributed by atoms with Crippen molar-refractivity contribution in [3.8, 4) is 0 Å². The second kappa shape index (κ2) is 2.94. The van der Waals surface area contributed by atoms with Crippen LogP contribution in [0.15, 0.2) is 0 Å². The van der Waals surface area contributed by atoms with Gasteiger partial charge in [0.15, 0.2) is 0 Å². The van der Waals surface area contributed by atoms with E-state index < -0.39 is 6.58 Å². The summed E-state index contributed by atoms with van der Waals surface area (Å²) in [6.45, 7) is 3.80. The van der Waals surface area contributed by atoms with Gasteiger partial charge in [-0.3, -0.25) is 4.90 Å². The van der Waals surface area contributed by atoms with Gasteiger partial charge in [-0.25, -0.2) is 0 Å². The minimum absolute atomic E-state index is 0.0509. The first-order valence-electron chi connectivity index (χ1n) is 5.51. The average Bonchev–Trinajstić information content (AvgIpc) is 2.57. The summed E-state index contributed by atoms with van der Waals surface area (Å²) >= 11 is 0. The minimum Gasteiger partial charge on any atom is -0.377 e. The van der Waals surface area contributed by atoms with Gasteiger partial charge < -0.3 is 9.47 Å². The molecular weight excluding hydrogens is 166 g/mol. The molecule has 0 aliphatic carbocycles. The molecule has 0 aromatic rings. The lowest BCUT2D eigenvalue weighted by Gasteiger charge is -2.37. The summed E-state index contributed by atoms with van der Waals surface area (Å²) in [4.78, 5) is 2.22. The number of hydrogen-bond acceptors (Lipinski definition) is 3. The van der Waals surface area contributed by atoms with E-state index in [0.29, 0.717) is 6.04 Å². The largest absolute Gasteiger partial charge is 0.377 e. The van der Waals surface area contributed by atoms with Crippen molar-refractivity contribution >= 4 is 0 Å². The molecule has 3 nitrogen and oxygen atoms in total. The Bertz CT molecular complexity index is 238. The molecule has 3 heteroatoms. The Morgan fingerprint density at radius 2 is 2.46 bits per heavy atom. The van der Waals surface area contributed by atoms with E-state index in [2.05, 4.69) is 25.8 Å². The van der Waals surface area contributed by atoms with Gasteiger partial charge in [0.25, 0.3) is 0 Å². The van der Waals surface area contributed by atoms with Gasteiger partial charge in [-0.2, -0.15) is 0 Å². The predicted molar refractivity (Wildman–Crippen MR) is 50.8 cm³/mol. The monoisotopic (exact) mass is 187 g/mol. The zero-order valence-corrected chi connectivity index (χ0v) is 8.78. The van der Waals surface area contributed by atoms with Crippen molar-refractivity contribution < 1.29 is 10.8 Å². The lowest BCUT2D eigenvalue weighted by atomic mass is 9.90. The van der Waals surface area contributed by atoms with Crippen LogP contribution in [0.3, 0.4) is 0 Å². The van der Waals surface area contributed by atoms with E-state index >= 15 is 0 Å². The summed E-state index contributed by atoms with van der Waals surface area (Å²) < 4.78 is 19.2. The van der Waals surface area contributed by atoms with E-state index in [1.807, 2.05) is 0 Å². The Morgan fingerprint density at radius 1 is 1.77 bits per heavy atom. The maximum absolute atomic E-state index is 7.86. The van der Waals surface area contributed by atoms with Crippen LogP contribution in [0.1, 0.15) is 21.6 Å². The summed E-state index contributed by atoms with van der Waals surface area (Å²) in [5.41, 5.74) is -0.263. The molecular formula is C10H19NO2. The smallest absolute Gasteiger partial charge is 0.111 e. The van der Waals surface area contributed by atoms with Gasteiger partial charge in [-0.05, 0) is 20.4 Å². The Balaban J connectivity index is 2.36. The van der Waals surface area contributed by atoms with Crippen molar-refractivity contribution in [3.05, 3.63) is 0 Å². The summed E-state index contributed by atoms with van der Waals surface area (Å²) in [5.74, 6) is 0. The first kappa shape index (κ1) is 8.21. The van der Waals surface area contributed by atoms with E-state index in [0.717, 1.165) is 6.42 Å². The summed E-state index contributed by atoms with van der Waals surface area (Å²) in [6, 6.07) is 0.430. The highest BCUT2D eigenvalue weighted by atomic mass is 16.6. The Kier molecular flexibility index (Phi) is 1.86. The molecule has 5 atom stereocenters. The van der Waals surface area contributed by atoms with Gasteiger partial charge in [-0.15, -0.1) is 0 Å². The number of likely N-dealkylation sites (N-methyl/N-ethyl adjacent to an activating group) is 1. The maximum atomic E-state index is 7.86. The van der Waals surface area contributed by atoms with Crippen LogP contribution in [0.25, 0.3) is 0 Å². The molecule has 0 N–H and O–H groups in total. The minimum atomic E-state index is -0.457. The van der Waals surface area contributed by atoms with E-state index in [1.54, 1.807) is 7.11 Å². The Labute approximate surface area is 81.4 Å². The van der Waals surface area contributed by atoms with Crippen LogP contribution in [0.4, 0.5) is 0 Å². The topological polar surface area (TPSA) is 21.7 Å². The maximum Gasteiger partial charge on any atom is 0.111 e. The first-order valence-corrected chi connectivity index (χ1v) is 4.93. The third-order valence-electron chi connectivity index (χ3n) is 3.81. The fourth-order valence-corrected chi connectivity index (χ4v) is 2.79. The van der Waals surface area contributed by atoms with Crippen molar-refractivity contribution in [1.29, 1.82) is 0 Å². The fraction of sp³-hybridized carbons (Fsp3) is 1.00. The van der Waals surface area contributed by atoms with Crippen LogP contribution in [-0.4, -0.2) is 49.4 Å². The van der Waals surface area contributed by atoms with Crippen LogP contribution in [0.5, 0.6) is 0 Å². The lowest BCUT2D eigenvalue weighted by Crippen LogP contribution is -2.49. The van der Waals surface area contributed by atoms with E-state index in [4.69, 9.17) is 10.8 Å². The van der Waals surface area contributed by atoms with Crippen LogP contribution >= 0.6 is 0 Å². The van der Waals surface area contributed by atoms with Gasteiger partial charge in [0.05, 0.1) is 14.0 Å². The zero-order valence-electron chi connectivity index (χ0n) is 9.78. The van der Waals surface area contributed by atoms with Gasteiger partial charge in [0, 0.05) is 13.2 Å². The molecule has 0 spiro atoms. The second-order valence-electron chi connectivity index (χ2n) is 4.05. The molecule has 0 aromatic carbocycles. The number of methoxy groups -OCH3 is 1. The number of fused-ring (bicyclic) bond motifs is 2. The predicted octanol–water partition coefficient (Wildman–Crippen LogP) is 0.883. The number of likely N-dealkylation sites (tertiary alicyclic amines) is 1. The third kappa shape index (κ3) is 0.953. The third-order valence-corrected chi connectivity index (χ3v) is 3.81. The highest BCUT2D eigenvalue weighted by Gasteiger charge is 2.61. The molecule has 2 rings (SSSR count). The quantitative estimate of drug-likeness (QED) is 0.640. The Morgan fingerprint density at radius 3 is 2.92 bits per heavy atom. The molecule has 2 heterocycles. The van der Waals surface area contributed by atoms with Crippen LogP contribution in [-0.2, 0) is 9.47 Å². The fourth-order valence-electron chi connectivity index (χ4n) is 2.79. The molecule has 2 aliphatic rings. The molecule has 0 unspecified atom stereocenters. The first-order chi connectivity index (χ1) is 6.58. The molecule has 0 radical (unpaired) electrons. The summed E-state index contributed by atoms with van der Waals surface area (Å²) in [5, 5.41) is 0. The van der Waals surface area contributed by atoms with Gasteiger partial charge in [0.2, 0.25) is 0 Å². The molecule has 0 saturated carbocycles.